The SMILES string of the molecule is O=c1cc(OCc2ccccn2)[nH]c2c1CCC2. The molecule has 0 unspecified atom stereocenters. The summed E-state index contributed by atoms with van der Waals surface area (Å²) < 4.78 is 5.58. The molecule has 0 spiro atoms. The predicted molar refractivity (Wildman–Crippen MR) is 67.7 cm³/mol. The fourth-order valence-electron chi connectivity index (χ4n) is 2.26. The topological polar surface area (TPSA) is 55.0 Å². The van der Waals surface area contributed by atoms with E-state index in [1.54, 1.807) is 6.20 Å². The van der Waals surface area contributed by atoms with Crippen LogP contribution in [0.15, 0.2) is 35.3 Å². The summed E-state index contributed by atoms with van der Waals surface area (Å²) in [5.41, 5.74) is 2.87. The number of ether oxygens (including phenoxy) is 1. The van der Waals surface area contributed by atoms with E-state index in [0.717, 1.165) is 36.2 Å². The molecular formula is C14H14N2O2. The van der Waals surface area contributed by atoms with Gasteiger partial charge >= 0.3 is 0 Å². The highest BCUT2D eigenvalue weighted by atomic mass is 16.5. The molecule has 2 aromatic heterocycles. The van der Waals surface area contributed by atoms with E-state index >= 15 is 0 Å². The molecule has 4 heteroatoms. The normalized spacial score (nSPS) is 13.3. The molecule has 1 aliphatic rings. The van der Waals surface area contributed by atoms with Crippen LogP contribution in [0.3, 0.4) is 0 Å². The third-order valence-electron chi connectivity index (χ3n) is 3.15. The van der Waals surface area contributed by atoms with Crippen molar-refractivity contribution in [3.63, 3.8) is 0 Å². The second kappa shape index (κ2) is 4.64. The number of aromatic nitrogens is 2. The van der Waals surface area contributed by atoms with Crippen LogP contribution in [0.1, 0.15) is 23.4 Å². The first-order valence-electron chi connectivity index (χ1n) is 6.11. The quantitative estimate of drug-likeness (QED) is 0.893. The van der Waals surface area contributed by atoms with E-state index in [9.17, 15) is 4.79 Å². The van der Waals surface area contributed by atoms with Gasteiger partial charge in [0.05, 0.1) is 5.69 Å². The molecule has 0 saturated carbocycles. The number of hydrogen-bond donors (Lipinski definition) is 1. The second-order valence-electron chi connectivity index (χ2n) is 4.42. The summed E-state index contributed by atoms with van der Waals surface area (Å²) in [6.45, 7) is 0.371. The lowest BCUT2D eigenvalue weighted by atomic mass is 10.2. The Balaban J connectivity index is 1.78. The highest BCUT2D eigenvalue weighted by molar-refractivity contribution is 5.29. The molecule has 1 N–H and O–H groups in total. The van der Waals surface area contributed by atoms with Gasteiger partial charge in [-0.3, -0.25) is 9.78 Å². The van der Waals surface area contributed by atoms with Crippen molar-refractivity contribution < 1.29 is 4.74 Å². The van der Waals surface area contributed by atoms with Crippen LogP contribution in [0.2, 0.25) is 0 Å². The van der Waals surface area contributed by atoms with Crippen LogP contribution in [0, 0.1) is 0 Å². The van der Waals surface area contributed by atoms with Gasteiger partial charge in [0.25, 0.3) is 0 Å². The minimum atomic E-state index is 0.0808. The number of hydrogen-bond acceptors (Lipinski definition) is 3. The van der Waals surface area contributed by atoms with Gasteiger partial charge in [-0.2, -0.15) is 0 Å². The lowest BCUT2D eigenvalue weighted by Crippen LogP contribution is -2.10. The van der Waals surface area contributed by atoms with Crippen LogP contribution in [-0.4, -0.2) is 9.97 Å². The minimum absolute atomic E-state index is 0.0808. The molecule has 2 aromatic rings. The van der Waals surface area contributed by atoms with Crippen molar-refractivity contribution in [3.8, 4) is 5.88 Å². The first kappa shape index (κ1) is 11.0. The third kappa shape index (κ3) is 2.14. The predicted octanol–water partition coefficient (Wildman–Crippen LogP) is 1.84. The van der Waals surface area contributed by atoms with E-state index in [4.69, 9.17) is 4.74 Å². The highest BCUT2D eigenvalue weighted by Crippen LogP contribution is 2.19. The second-order valence-corrected chi connectivity index (χ2v) is 4.42. The molecule has 0 bridgehead atoms. The Labute approximate surface area is 105 Å². The lowest BCUT2D eigenvalue weighted by Gasteiger charge is -2.07. The van der Waals surface area contributed by atoms with Gasteiger partial charge in [-0.05, 0) is 31.4 Å². The molecule has 92 valence electrons. The van der Waals surface area contributed by atoms with Crippen molar-refractivity contribution in [2.45, 2.75) is 25.9 Å². The number of nitrogens with zero attached hydrogens (tertiary/aromatic N) is 1. The zero-order valence-corrected chi connectivity index (χ0v) is 9.98. The van der Waals surface area contributed by atoms with Gasteiger partial charge in [-0.1, -0.05) is 6.07 Å². The first-order valence-corrected chi connectivity index (χ1v) is 6.11. The average molecular weight is 242 g/mol. The summed E-state index contributed by atoms with van der Waals surface area (Å²) in [5.74, 6) is 0.534. The first-order chi connectivity index (χ1) is 8.83. The van der Waals surface area contributed by atoms with Crippen LogP contribution < -0.4 is 10.2 Å². The van der Waals surface area contributed by atoms with Crippen molar-refractivity contribution in [1.82, 2.24) is 9.97 Å². The van der Waals surface area contributed by atoms with Crippen molar-refractivity contribution in [1.29, 1.82) is 0 Å². The Morgan fingerprint density at radius 2 is 2.28 bits per heavy atom. The van der Waals surface area contributed by atoms with Crippen molar-refractivity contribution in [2.75, 3.05) is 0 Å². The van der Waals surface area contributed by atoms with Crippen LogP contribution in [-0.2, 0) is 19.4 Å². The number of H-pyrrole nitrogens is 1. The molecule has 0 aliphatic heterocycles. The van der Waals surface area contributed by atoms with E-state index in [0.29, 0.717) is 12.5 Å². The van der Waals surface area contributed by atoms with Gasteiger partial charge in [-0.25, -0.2) is 0 Å². The molecule has 0 amide bonds. The Hall–Kier alpha value is -2.10. The van der Waals surface area contributed by atoms with Crippen LogP contribution in [0.4, 0.5) is 0 Å². The molecule has 0 saturated heterocycles. The van der Waals surface area contributed by atoms with Crippen molar-refractivity contribution >= 4 is 0 Å². The highest BCUT2D eigenvalue weighted by Gasteiger charge is 2.15. The van der Waals surface area contributed by atoms with Crippen LogP contribution >= 0.6 is 0 Å². The summed E-state index contributed by atoms with van der Waals surface area (Å²) in [4.78, 5) is 19.2. The van der Waals surface area contributed by atoms with E-state index in [1.165, 1.54) is 6.07 Å². The molecule has 1 aliphatic carbocycles. The maximum absolute atomic E-state index is 11.8. The summed E-state index contributed by atoms with van der Waals surface area (Å²) in [5, 5.41) is 0. The van der Waals surface area contributed by atoms with Crippen LogP contribution in [0.25, 0.3) is 0 Å². The lowest BCUT2D eigenvalue weighted by molar-refractivity contribution is 0.288. The molecule has 18 heavy (non-hydrogen) atoms. The molecule has 3 rings (SSSR count). The van der Waals surface area contributed by atoms with Gasteiger partial charge in [0.2, 0.25) is 0 Å². The number of fused-ring (bicyclic) bond motifs is 1. The Kier molecular flexibility index (Phi) is 2.84. The fraction of sp³-hybridized carbons (Fsp3) is 0.286. The van der Waals surface area contributed by atoms with Crippen molar-refractivity contribution in [2.24, 2.45) is 0 Å². The summed E-state index contributed by atoms with van der Waals surface area (Å²) in [6, 6.07) is 7.20. The van der Waals surface area contributed by atoms with Gasteiger partial charge < -0.3 is 9.72 Å². The molecule has 0 fully saturated rings. The smallest absolute Gasteiger partial charge is 0.195 e. The zero-order chi connectivity index (χ0) is 12.4. The largest absolute Gasteiger partial charge is 0.472 e. The van der Waals surface area contributed by atoms with Gasteiger partial charge in [-0.15, -0.1) is 0 Å². The van der Waals surface area contributed by atoms with E-state index < -0.39 is 0 Å². The molecule has 2 heterocycles. The van der Waals surface area contributed by atoms with Crippen LogP contribution in [0.5, 0.6) is 5.88 Å². The third-order valence-corrected chi connectivity index (χ3v) is 3.15. The van der Waals surface area contributed by atoms with E-state index in [1.807, 2.05) is 18.2 Å². The fourth-order valence-corrected chi connectivity index (χ4v) is 2.26. The minimum Gasteiger partial charge on any atom is -0.472 e. The molecular weight excluding hydrogens is 228 g/mol. The number of pyridine rings is 2. The van der Waals surface area contributed by atoms with Gasteiger partial charge in [0, 0.05) is 23.5 Å². The van der Waals surface area contributed by atoms with Gasteiger partial charge in [0.1, 0.15) is 6.61 Å². The maximum Gasteiger partial charge on any atom is 0.195 e. The Morgan fingerprint density at radius 3 is 3.11 bits per heavy atom. The molecule has 0 atom stereocenters. The summed E-state index contributed by atoms with van der Waals surface area (Å²) in [6.07, 6.45) is 4.59. The Morgan fingerprint density at radius 1 is 1.33 bits per heavy atom. The molecule has 4 nitrogen and oxygen atoms in total. The van der Waals surface area contributed by atoms with Crippen molar-refractivity contribution in [3.05, 3.63) is 57.6 Å². The van der Waals surface area contributed by atoms with E-state index in [-0.39, 0.29) is 5.43 Å². The number of aryl methyl sites for hydroxylation is 1. The molecule has 0 aromatic carbocycles. The maximum atomic E-state index is 11.8. The number of aromatic amines is 1. The molecule has 0 radical (unpaired) electrons. The van der Waals surface area contributed by atoms with E-state index in [2.05, 4.69) is 9.97 Å². The Bertz CT molecular complexity index is 605. The average Bonchev–Trinajstić information content (AvgIpc) is 2.86. The zero-order valence-electron chi connectivity index (χ0n) is 9.98. The monoisotopic (exact) mass is 242 g/mol. The summed E-state index contributed by atoms with van der Waals surface area (Å²) >= 11 is 0. The standard InChI is InChI=1S/C14H14N2O2/c17-13-8-14(16-12-6-3-5-11(12)13)18-9-10-4-1-2-7-15-10/h1-2,4,7-8H,3,5-6,9H2,(H,16,17). The number of nitrogens with one attached hydrogen (secondary N) is 1. The summed E-state index contributed by atoms with van der Waals surface area (Å²) in [7, 11) is 0. The van der Waals surface area contributed by atoms with Gasteiger partial charge in [0.15, 0.2) is 11.3 Å². The number of rotatable bonds is 3.